The number of rotatable bonds is 4. The minimum absolute atomic E-state index is 0.0163. The number of phenolic OH excluding ortho intramolecular Hbond substituents is 1. The third kappa shape index (κ3) is 2.96. The molecule has 1 aromatic carbocycles. The average molecular weight is 224 g/mol. The quantitative estimate of drug-likeness (QED) is 0.619. The molecule has 86 valence electrons. The molecule has 0 saturated carbocycles. The Morgan fingerprint density at radius 3 is 2.81 bits per heavy atom. The molecule has 0 aromatic heterocycles. The van der Waals surface area contributed by atoms with Gasteiger partial charge in [-0.2, -0.15) is 0 Å². The van der Waals surface area contributed by atoms with Gasteiger partial charge in [0, 0.05) is 11.1 Å². The maximum absolute atomic E-state index is 11.5. The Labute approximate surface area is 92.0 Å². The molecule has 0 heterocycles. The van der Waals surface area contributed by atoms with Gasteiger partial charge in [0.2, 0.25) is 5.91 Å². The van der Waals surface area contributed by atoms with Crippen molar-refractivity contribution in [2.45, 2.75) is 6.92 Å². The third-order valence-corrected chi connectivity index (χ3v) is 1.93. The molecule has 2 amide bonds. The predicted octanol–water partition coefficient (Wildman–Crippen LogP) is -0.153. The van der Waals surface area contributed by atoms with Crippen LogP contribution < -0.4 is 11.2 Å². The van der Waals surface area contributed by atoms with Crippen LogP contribution in [0.1, 0.15) is 15.9 Å². The lowest BCUT2D eigenvalue weighted by atomic mass is 10.1. The Balaban J connectivity index is 2.66. The molecule has 0 fully saturated rings. The number of carbonyl (C=O) groups excluding carboxylic acids is 2. The Kier molecular flexibility index (Phi) is 3.84. The third-order valence-electron chi connectivity index (χ3n) is 1.93. The standard InChI is InChI=1S/C10H12N2O4/c1-6-7(3-2-4-8(6)13)10(15)12-16-5-9(11)14/h2-4,13H,5H2,1H3,(H2,11,14)(H,12,15). The van der Waals surface area contributed by atoms with E-state index >= 15 is 0 Å². The van der Waals surface area contributed by atoms with E-state index in [0.29, 0.717) is 5.56 Å². The highest BCUT2D eigenvalue weighted by Gasteiger charge is 2.11. The highest BCUT2D eigenvalue weighted by atomic mass is 16.7. The highest BCUT2D eigenvalue weighted by molar-refractivity contribution is 5.95. The number of nitrogens with two attached hydrogens (primary N) is 1. The fourth-order valence-corrected chi connectivity index (χ4v) is 1.10. The zero-order valence-electron chi connectivity index (χ0n) is 8.69. The number of carbonyl (C=O) groups is 2. The summed E-state index contributed by atoms with van der Waals surface area (Å²) < 4.78 is 0. The smallest absolute Gasteiger partial charge is 0.275 e. The van der Waals surface area contributed by atoms with Crippen molar-refractivity contribution in [3.05, 3.63) is 29.3 Å². The van der Waals surface area contributed by atoms with E-state index in [1.54, 1.807) is 6.92 Å². The summed E-state index contributed by atoms with van der Waals surface area (Å²) in [5.41, 5.74) is 7.56. The molecule has 4 N–H and O–H groups in total. The lowest BCUT2D eigenvalue weighted by molar-refractivity contribution is -0.124. The van der Waals surface area contributed by atoms with E-state index in [-0.39, 0.29) is 11.3 Å². The van der Waals surface area contributed by atoms with E-state index in [4.69, 9.17) is 5.73 Å². The first-order chi connectivity index (χ1) is 7.52. The largest absolute Gasteiger partial charge is 0.508 e. The molecule has 0 radical (unpaired) electrons. The van der Waals surface area contributed by atoms with Crippen LogP contribution in [0.25, 0.3) is 0 Å². The summed E-state index contributed by atoms with van der Waals surface area (Å²) in [6.07, 6.45) is 0. The number of primary amides is 1. The fraction of sp³-hybridized carbons (Fsp3) is 0.200. The van der Waals surface area contributed by atoms with Gasteiger partial charge in [0.15, 0.2) is 6.61 Å². The molecule has 0 atom stereocenters. The SMILES string of the molecule is Cc1c(O)cccc1C(=O)NOCC(N)=O. The van der Waals surface area contributed by atoms with Gasteiger partial charge in [0.1, 0.15) is 5.75 Å². The molecule has 6 heteroatoms. The Morgan fingerprint density at radius 1 is 1.50 bits per heavy atom. The molecule has 0 saturated heterocycles. The number of hydrogen-bond acceptors (Lipinski definition) is 4. The molecule has 1 aromatic rings. The number of nitrogens with one attached hydrogen (secondary N) is 1. The van der Waals surface area contributed by atoms with E-state index in [2.05, 4.69) is 4.84 Å². The second-order valence-electron chi connectivity index (χ2n) is 3.14. The van der Waals surface area contributed by atoms with Crippen LogP contribution in [0.2, 0.25) is 0 Å². The maximum Gasteiger partial charge on any atom is 0.275 e. The number of amides is 2. The molecule has 0 aliphatic rings. The summed E-state index contributed by atoms with van der Waals surface area (Å²) in [5.74, 6) is -1.22. The normalized spacial score (nSPS) is 9.81. The second kappa shape index (κ2) is 5.13. The van der Waals surface area contributed by atoms with Crippen molar-refractivity contribution in [1.82, 2.24) is 5.48 Å². The van der Waals surface area contributed by atoms with Crippen LogP contribution in [0, 0.1) is 6.92 Å². The first kappa shape index (κ1) is 12.0. The van der Waals surface area contributed by atoms with E-state index in [9.17, 15) is 14.7 Å². The van der Waals surface area contributed by atoms with E-state index in [0.717, 1.165) is 0 Å². The van der Waals surface area contributed by atoms with Crippen LogP contribution in [0.4, 0.5) is 0 Å². The number of phenols is 1. The summed E-state index contributed by atoms with van der Waals surface area (Å²) in [7, 11) is 0. The first-order valence-corrected chi connectivity index (χ1v) is 4.51. The molecule has 0 unspecified atom stereocenters. The van der Waals surface area contributed by atoms with Crippen molar-refractivity contribution in [3.8, 4) is 5.75 Å². The summed E-state index contributed by atoms with van der Waals surface area (Å²) in [5, 5.41) is 9.37. The maximum atomic E-state index is 11.5. The molecule has 16 heavy (non-hydrogen) atoms. The molecule has 0 spiro atoms. The van der Waals surface area contributed by atoms with Crippen LogP contribution in [0.3, 0.4) is 0 Å². The van der Waals surface area contributed by atoms with Crippen molar-refractivity contribution >= 4 is 11.8 Å². The van der Waals surface area contributed by atoms with Crippen molar-refractivity contribution in [1.29, 1.82) is 0 Å². The van der Waals surface area contributed by atoms with Gasteiger partial charge in [-0.15, -0.1) is 0 Å². The number of benzene rings is 1. The van der Waals surface area contributed by atoms with Crippen LogP contribution in [0.15, 0.2) is 18.2 Å². The Morgan fingerprint density at radius 2 is 2.19 bits per heavy atom. The Bertz CT molecular complexity index is 417. The molecular weight excluding hydrogens is 212 g/mol. The minimum Gasteiger partial charge on any atom is -0.508 e. The average Bonchev–Trinajstić information content (AvgIpc) is 2.21. The van der Waals surface area contributed by atoms with Crippen LogP contribution in [0.5, 0.6) is 5.75 Å². The minimum atomic E-state index is -0.687. The van der Waals surface area contributed by atoms with Gasteiger partial charge >= 0.3 is 0 Å². The molecule has 0 bridgehead atoms. The highest BCUT2D eigenvalue weighted by Crippen LogP contribution is 2.19. The summed E-state index contributed by atoms with van der Waals surface area (Å²) in [6, 6.07) is 4.53. The summed E-state index contributed by atoms with van der Waals surface area (Å²) in [4.78, 5) is 26.4. The van der Waals surface area contributed by atoms with Gasteiger partial charge in [0.05, 0.1) is 0 Å². The summed E-state index contributed by atoms with van der Waals surface area (Å²) >= 11 is 0. The van der Waals surface area contributed by atoms with Gasteiger partial charge in [-0.3, -0.25) is 14.4 Å². The van der Waals surface area contributed by atoms with E-state index < -0.39 is 18.4 Å². The monoisotopic (exact) mass is 224 g/mol. The zero-order chi connectivity index (χ0) is 12.1. The molecule has 6 nitrogen and oxygen atoms in total. The number of aromatic hydroxyl groups is 1. The lowest BCUT2D eigenvalue weighted by Crippen LogP contribution is -2.29. The van der Waals surface area contributed by atoms with Gasteiger partial charge in [-0.1, -0.05) is 6.07 Å². The molecule has 1 rings (SSSR count). The lowest BCUT2D eigenvalue weighted by Gasteiger charge is -2.07. The van der Waals surface area contributed by atoms with Crippen molar-refractivity contribution in [3.63, 3.8) is 0 Å². The van der Waals surface area contributed by atoms with Gasteiger partial charge in [-0.25, -0.2) is 5.48 Å². The van der Waals surface area contributed by atoms with Crippen LogP contribution >= 0.6 is 0 Å². The predicted molar refractivity (Wildman–Crippen MR) is 55.5 cm³/mol. The van der Waals surface area contributed by atoms with Crippen LogP contribution in [-0.4, -0.2) is 23.5 Å². The van der Waals surface area contributed by atoms with E-state index in [1.165, 1.54) is 18.2 Å². The van der Waals surface area contributed by atoms with Crippen molar-refractivity contribution in [2.24, 2.45) is 5.73 Å². The van der Waals surface area contributed by atoms with Crippen LogP contribution in [-0.2, 0) is 9.63 Å². The summed E-state index contributed by atoms with van der Waals surface area (Å²) in [6.45, 7) is 1.20. The second-order valence-corrected chi connectivity index (χ2v) is 3.14. The number of hydrogen-bond donors (Lipinski definition) is 3. The van der Waals surface area contributed by atoms with Gasteiger partial charge < -0.3 is 10.8 Å². The van der Waals surface area contributed by atoms with Crippen molar-refractivity contribution in [2.75, 3.05) is 6.61 Å². The fourth-order valence-electron chi connectivity index (χ4n) is 1.10. The van der Waals surface area contributed by atoms with E-state index in [1.807, 2.05) is 5.48 Å². The zero-order valence-corrected chi connectivity index (χ0v) is 8.69. The van der Waals surface area contributed by atoms with Crippen molar-refractivity contribution < 1.29 is 19.5 Å². The Hall–Kier alpha value is -2.08. The molecule has 0 aliphatic carbocycles. The van der Waals surface area contributed by atoms with Gasteiger partial charge in [-0.05, 0) is 19.1 Å². The molecule has 0 aliphatic heterocycles. The first-order valence-electron chi connectivity index (χ1n) is 4.51. The van der Waals surface area contributed by atoms with Gasteiger partial charge in [0.25, 0.3) is 5.91 Å². The number of hydroxylamine groups is 1. The molecular formula is C10H12N2O4. The topological polar surface area (TPSA) is 102 Å².